The third-order valence-electron chi connectivity index (χ3n) is 1.81. The van der Waals surface area contributed by atoms with Crippen molar-refractivity contribution in [3.63, 3.8) is 0 Å². The molecule has 0 rings (SSSR count). The Kier molecular flexibility index (Phi) is 9.96. The van der Waals surface area contributed by atoms with Gasteiger partial charge in [-0.25, -0.2) is 14.2 Å². The summed E-state index contributed by atoms with van der Waals surface area (Å²) in [6.07, 6.45) is -3.17. The summed E-state index contributed by atoms with van der Waals surface area (Å²) >= 11 is 11.0. The molecule has 0 saturated carbocycles. The van der Waals surface area contributed by atoms with Crippen LogP contribution in [0.5, 0.6) is 0 Å². The van der Waals surface area contributed by atoms with Gasteiger partial charge in [-0.05, 0) is 13.8 Å². The molecule has 20 heavy (non-hydrogen) atoms. The van der Waals surface area contributed by atoms with Crippen LogP contribution in [0, 0.1) is 0 Å². The second kappa shape index (κ2) is 9.92. The molecule has 3 unspecified atom stereocenters. The summed E-state index contributed by atoms with van der Waals surface area (Å²) in [5.41, 5.74) is 0. The van der Waals surface area contributed by atoms with Gasteiger partial charge in [0.1, 0.15) is 6.61 Å². The Balaban J connectivity index is 4.98. The minimum absolute atomic E-state index is 0.0137. The number of hydrogen-bond donors (Lipinski definition) is 2. The highest BCUT2D eigenvalue weighted by atomic mass is 35.5. The Hall–Kier alpha value is 0.0800. The van der Waals surface area contributed by atoms with E-state index in [9.17, 15) is 9.36 Å². The maximum atomic E-state index is 12.4. The Morgan fingerprint density at radius 2 is 1.60 bits per heavy atom. The van der Waals surface area contributed by atoms with E-state index in [0.717, 1.165) is 0 Å². The fourth-order valence-corrected chi connectivity index (χ4v) is 2.89. The third kappa shape index (κ3) is 7.75. The van der Waals surface area contributed by atoms with E-state index in [2.05, 4.69) is 4.89 Å². The van der Waals surface area contributed by atoms with Crippen LogP contribution < -0.4 is 0 Å². The molecule has 0 aromatic carbocycles. The first-order chi connectivity index (χ1) is 9.27. The van der Waals surface area contributed by atoms with Crippen molar-refractivity contribution < 1.29 is 38.2 Å². The maximum absolute atomic E-state index is 12.4. The van der Waals surface area contributed by atoms with Crippen LogP contribution >= 0.6 is 31.0 Å². The van der Waals surface area contributed by atoms with Gasteiger partial charge in [0.15, 0.2) is 6.10 Å². The molecule has 0 aliphatic rings. The van der Waals surface area contributed by atoms with Gasteiger partial charge in [0.05, 0.1) is 12.2 Å². The van der Waals surface area contributed by atoms with Crippen LogP contribution in [0.4, 0.5) is 0 Å². The van der Waals surface area contributed by atoms with Crippen molar-refractivity contribution in [1.29, 1.82) is 0 Å². The van der Waals surface area contributed by atoms with Crippen LogP contribution in [0.25, 0.3) is 0 Å². The lowest BCUT2D eigenvalue weighted by Gasteiger charge is -2.25. The minimum Gasteiger partial charge on any atom is -0.479 e. The third-order valence-corrected chi connectivity index (χ3v) is 4.43. The number of carbonyl (C=O) groups is 1. The van der Waals surface area contributed by atoms with E-state index < -0.39 is 38.7 Å². The summed E-state index contributed by atoms with van der Waals surface area (Å²) < 4.78 is 27.2. The van der Waals surface area contributed by atoms with Crippen molar-refractivity contribution in [3.8, 4) is 0 Å². The van der Waals surface area contributed by atoms with Crippen LogP contribution in [0.2, 0.25) is 0 Å². The largest absolute Gasteiger partial charge is 0.479 e. The quantitative estimate of drug-likeness (QED) is 0.251. The molecule has 11 heteroatoms. The number of phosphoric ester groups is 1. The zero-order chi connectivity index (χ0) is 15.8. The molecule has 0 aliphatic heterocycles. The SMILES string of the molecule is CC(CCl)OP(=O)(OC(C)CCl)OC(COO)C(=O)O. The molecule has 120 valence electrons. The van der Waals surface area contributed by atoms with Crippen LogP contribution in [-0.2, 0) is 27.8 Å². The standard InChI is InChI=1S/C9H17Cl2O8P/c1-6(3-10)17-20(15,18-7(2)4-11)19-8(5-16-14)9(12)13/h6-8,14H,3-5H2,1-2H3,(H,12,13). The van der Waals surface area contributed by atoms with E-state index in [1.165, 1.54) is 13.8 Å². The molecule has 0 aromatic rings. The molecule has 2 N–H and O–H groups in total. The molecule has 0 radical (unpaired) electrons. The predicted octanol–water partition coefficient (Wildman–Crippen LogP) is 2.34. The van der Waals surface area contributed by atoms with E-state index in [1.54, 1.807) is 0 Å². The Bertz CT molecular complexity index is 326. The average Bonchev–Trinajstić information content (AvgIpc) is 2.37. The molecule has 0 bridgehead atoms. The van der Waals surface area contributed by atoms with E-state index in [0.29, 0.717) is 0 Å². The van der Waals surface area contributed by atoms with Crippen molar-refractivity contribution in [1.82, 2.24) is 0 Å². The van der Waals surface area contributed by atoms with Gasteiger partial charge in [0.25, 0.3) is 0 Å². The molecule has 0 spiro atoms. The lowest BCUT2D eigenvalue weighted by atomic mass is 10.4. The highest BCUT2D eigenvalue weighted by molar-refractivity contribution is 7.48. The zero-order valence-electron chi connectivity index (χ0n) is 10.9. The molecule has 8 nitrogen and oxygen atoms in total. The summed E-state index contributed by atoms with van der Waals surface area (Å²) in [6, 6.07) is 0. The van der Waals surface area contributed by atoms with Crippen molar-refractivity contribution in [2.24, 2.45) is 0 Å². The van der Waals surface area contributed by atoms with Crippen LogP contribution in [0.1, 0.15) is 13.8 Å². The van der Waals surface area contributed by atoms with Gasteiger partial charge in [-0.3, -0.25) is 18.8 Å². The molecule has 3 atom stereocenters. The van der Waals surface area contributed by atoms with Crippen LogP contribution in [-0.4, -0.2) is 53.0 Å². The topological polar surface area (TPSA) is 112 Å². The number of alkyl halides is 2. The Labute approximate surface area is 126 Å². The summed E-state index contributed by atoms with van der Waals surface area (Å²) in [5, 5.41) is 17.1. The first-order valence-corrected chi connectivity index (χ1v) is 8.07. The number of rotatable bonds is 11. The summed E-state index contributed by atoms with van der Waals surface area (Å²) in [6.45, 7) is 2.24. The van der Waals surface area contributed by atoms with Gasteiger partial charge in [0, 0.05) is 11.8 Å². The normalized spacial score (nSPS) is 19.1. The number of phosphoric acid groups is 1. The number of halogens is 2. The van der Waals surface area contributed by atoms with Gasteiger partial charge in [-0.15, -0.1) is 23.2 Å². The number of carboxylic acid groups (broad SMARTS) is 1. The number of carboxylic acids is 1. The number of aliphatic carboxylic acids is 1. The van der Waals surface area contributed by atoms with E-state index in [1.807, 2.05) is 0 Å². The first-order valence-electron chi connectivity index (χ1n) is 5.54. The highest BCUT2D eigenvalue weighted by Gasteiger charge is 2.37. The molecule has 0 heterocycles. The van der Waals surface area contributed by atoms with Gasteiger partial charge in [0.2, 0.25) is 0 Å². The van der Waals surface area contributed by atoms with Crippen molar-refractivity contribution >= 4 is 37.0 Å². The van der Waals surface area contributed by atoms with E-state index in [-0.39, 0.29) is 11.8 Å². The summed E-state index contributed by atoms with van der Waals surface area (Å²) in [7, 11) is -4.25. The molecule has 0 fully saturated rings. The smallest absolute Gasteiger partial charge is 0.476 e. The maximum Gasteiger partial charge on any atom is 0.476 e. The molecule has 0 aromatic heterocycles. The van der Waals surface area contributed by atoms with Gasteiger partial charge < -0.3 is 5.11 Å². The Morgan fingerprint density at radius 3 is 1.90 bits per heavy atom. The molecular weight excluding hydrogens is 338 g/mol. The molecule has 0 aliphatic carbocycles. The zero-order valence-corrected chi connectivity index (χ0v) is 13.3. The average molecular weight is 355 g/mol. The summed E-state index contributed by atoms with van der Waals surface area (Å²) in [4.78, 5) is 14.6. The second-order valence-corrected chi connectivity index (χ2v) is 5.96. The second-order valence-electron chi connectivity index (χ2n) is 3.82. The first kappa shape index (κ1) is 20.1. The number of hydrogen-bond acceptors (Lipinski definition) is 7. The monoisotopic (exact) mass is 354 g/mol. The highest BCUT2D eigenvalue weighted by Crippen LogP contribution is 2.53. The van der Waals surface area contributed by atoms with Crippen molar-refractivity contribution in [2.45, 2.75) is 32.2 Å². The summed E-state index contributed by atoms with van der Waals surface area (Å²) in [5.74, 6) is -1.54. The minimum atomic E-state index is -4.25. The molecular formula is C9H17Cl2O8P. The van der Waals surface area contributed by atoms with Crippen LogP contribution in [0.3, 0.4) is 0 Å². The lowest BCUT2D eigenvalue weighted by molar-refractivity contribution is -0.256. The molecule has 0 saturated heterocycles. The van der Waals surface area contributed by atoms with Crippen molar-refractivity contribution in [2.75, 3.05) is 18.4 Å². The van der Waals surface area contributed by atoms with Gasteiger partial charge in [-0.1, -0.05) is 0 Å². The van der Waals surface area contributed by atoms with E-state index >= 15 is 0 Å². The fraction of sp³-hybridized carbons (Fsp3) is 0.889. The van der Waals surface area contributed by atoms with Crippen LogP contribution in [0.15, 0.2) is 0 Å². The van der Waals surface area contributed by atoms with Crippen molar-refractivity contribution in [3.05, 3.63) is 0 Å². The van der Waals surface area contributed by atoms with Gasteiger partial charge >= 0.3 is 13.8 Å². The fourth-order valence-electron chi connectivity index (χ4n) is 0.942. The Morgan fingerprint density at radius 1 is 1.15 bits per heavy atom. The van der Waals surface area contributed by atoms with Gasteiger partial charge in [-0.2, -0.15) is 0 Å². The predicted molar refractivity (Wildman–Crippen MR) is 71.2 cm³/mol. The molecule has 0 amide bonds. The van der Waals surface area contributed by atoms with E-state index in [4.69, 9.17) is 47.1 Å². The lowest BCUT2D eigenvalue weighted by Crippen LogP contribution is -2.30.